The first-order valence-corrected chi connectivity index (χ1v) is 7.91. The molecule has 1 saturated carbocycles. The van der Waals surface area contributed by atoms with Crippen molar-refractivity contribution >= 4 is 22.5 Å². The number of piperidine rings is 1. The zero-order chi connectivity index (χ0) is 14.4. The van der Waals surface area contributed by atoms with Crippen LogP contribution in [0, 0.1) is 5.92 Å². The van der Waals surface area contributed by atoms with Gasteiger partial charge in [0.05, 0.1) is 16.9 Å². The highest BCUT2D eigenvalue weighted by atomic mass is 16.4. The molecule has 2 aliphatic rings. The number of fused-ring (bicyclic) bond motifs is 2. The fourth-order valence-electron chi connectivity index (χ4n) is 4.17. The summed E-state index contributed by atoms with van der Waals surface area (Å²) in [7, 11) is 0. The van der Waals surface area contributed by atoms with Crippen LogP contribution < -0.4 is 16.4 Å². The summed E-state index contributed by atoms with van der Waals surface area (Å²) in [5, 5.41) is 0. The van der Waals surface area contributed by atoms with E-state index in [2.05, 4.69) is 9.88 Å². The van der Waals surface area contributed by atoms with E-state index in [1.807, 2.05) is 6.07 Å². The monoisotopic (exact) mass is 287 g/mol. The van der Waals surface area contributed by atoms with Crippen molar-refractivity contribution in [1.29, 1.82) is 0 Å². The van der Waals surface area contributed by atoms with Gasteiger partial charge in [-0.25, -0.2) is 4.79 Å². The largest absolute Gasteiger partial charge is 0.417 e. The molecule has 2 heterocycles. The van der Waals surface area contributed by atoms with Crippen LogP contribution in [0.25, 0.3) is 11.1 Å². The zero-order valence-corrected chi connectivity index (χ0v) is 12.1. The van der Waals surface area contributed by atoms with Gasteiger partial charge < -0.3 is 15.1 Å². The maximum Gasteiger partial charge on any atom is 0.417 e. The van der Waals surface area contributed by atoms with Gasteiger partial charge in [0.2, 0.25) is 0 Å². The highest BCUT2D eigenvalue weighted by Gasteiger charge is 2.34. The fraction of sp³-hybridized carbons (Fsp3) is 0.562. The summed E-state index contributed by atoms with van der Waals surface area (Å²) in [5.41, 5.74) is 9.27. The Balaban J connectivity index is 1.77. The van der Waals surface area contributed by atoms with E-state index in [-0.39, 0.29) is 0 Å². The first-order chi connectivity index (χ1) is 10.2. The van der Waals surface area contributed by atoms with Crippen LogP contribution in [-0.2, 0) is 0 Å². The Bertz CT molecular complexity index is 716. The van der Waals surface area contributed by atoms with Crippen LogP contribution in [0.5, 0.6) is 0 Å². The smallest absolute Gasteiger partial charge is 0.408 e. The maximum absolute atomic E-state index is 11.3. The van der Waals surface area contributed by atoms with E-state index in [1.54, 1.807) is 6.07 Å². The van der Waals surface area contributed by atoms with Crippen molar-refractivity contribution in [2.75, 3.05) is 17.2 Å². The molecule has 0 bridgehead atoms. The van der Waals surface area contributed by atoms with Crippen molar-refractivity contribution in [3.8, 4) is 0 Å². The van der Waals surface area contributed by atoms with Crippen molar-refractivity contribution in [2.45, 2.75) is 44.6 Å². The van der Waals surface area contributed by atoms with Crippen LogP contribution in [0.4, 0.5) is 11.4 Å². The zero-order valence-electron chi connectivity index (χ0n) is 12.1. The second-order valence-corrected chi connectivity index (χ2v) is 6.37. The summed E-state index contributed by atoms with van der Waals surface area (Å²) in [6.45, 7) is 1.05. The number of H-pyrrole nitrogens is 1. The van der Waals surface area contributed by atoms with Crippen molar-refractivity contribution in [3.63, 3.8) is 0 Å². The van der Waals surface area contributed by atoms with Gasteiger partial charge in [0.25, 0.3) is 0 Å². The van der Waals surface area contributed by atoms with Gasteiger partial charge in [-0.3, -0.25) is 4.98 Å². The van der Waals surface area contributed by atoms with Crippen LogP contribution in [0.3, 0.4) is 0 Å². The Hall–Kier alpha value is -1.91. The third-order valence-corrected chi connectivity index (χ3v) is 5.12. The van der Waals surface area contributed by atoms with E-state index in [0.29, 0.717) is 17.3 Å². The number of aromatic amines is 1. The molecule has 2 atom stereocenters. The molecule has 112 valence electrons. The number of hydrogen-bond acceptors (Lipinski definition) is 4. The SMILES string of the molecule is Nc1cc2oc(=O)[nH]c2cc1N1CCC[C@H]2CCCC[C@H]21. The van der Waals surface area contributed by atoms with E-state index in [9.17, 15) is 4.79 Å². The quantitative estimate of drug-likeness (QED) is 0.791. The topological polar surface area (TPSA) is 75.3 Å². The molecule has 0 amide bonds. The molecule has 5 nitrogen and oxygen atoms in total. The summed E-state index contributed by atoms with van der Waals surface area (Å²) in [6, 6.07) is 4.35. The van der Waals surface area contributed by atoms with Crippen LogP contribution in [0.1, 0.15) is 38.5 Å². The maximum atomic E-state index is 11.3. The molecule has 0 spiro atoms. The summed E-state index contributed by atoms with van der Waals surface area (Å²) in [4.78, 5) is 16.5. The molecule has 1 aliphatic heterocycles. The molecule has 1 aliphatic carbocycles. The molecular weight excluding hydrogens is 266 g/mol. The lowest BCUT2D eigenvalue weighted by Gasteiger charge is -2.45. The molecule has 0 radical (unpaired) electrons. The molecule has 21 heavy (non-hydrogen) atoms. The number of aromatic nitrogens is 1. The Labute approximate surface area is 123 Å². The van der Waals surface area contributed by atoms with Gasteiger partial charge in [-0.1, -0.05) is 12.8 Å². The van der Waals surface area contributed by atoms with Crippen molar-refractivity contribution in [3.05, 3.63) is 22.7 Å². The number of anilines is 2. The van der Waals surface area contributed by atoms with Gasteiger partial charge in [-0.05, 0) is 37.7 Å². The molecule has 1 aromatic heterocycles. The Morgan fingerprint density at radius 1 is 1.19 bits per heavy atom. The molecule has 1 aromatic carbocycles. The average molecular weight is 287 g/mol. The number of rotatable bonds is 1. The van der Waals surface area contributed by atoms with Crippen LogP contribution >= 0.6 is 0 Å². The predicted octanol–water partition coefficient (Wildman–Crippen LogP) is 2.86. The van der Waals surface area contributed by atoms with Crippen LogP contribution in [0.15, 0.2) is 21.3 Å². The molecule has 1 saturated heterocycles. The normalized spacial score (nSPS) is 26.0. The number of benzene rings is 1. The first kappa shape index (κ1) is 12.8. The first-order valence-electron chi connectivity index (χ1n) is 7.91. The average Bonchev–Trinajstić information content (AvgIpc) is 2.85. The van der Waals surface area contributed by atoms with Crippen molar-refractivity contribution in [2.24, 2.45) is 5.92 Å². The van der Waals surface area contributed by atoms with E-state index in [4.69, 9.17) is 10.2 Å². The third kappa shape index (κ3) is 2.11. The van der Waals surface area contributed by atoms with Gasteiger partial charge >= 0.3 is 5.76 Å². The predicted molar refractivity (Wildman–Crippen MR) is 83.6 cm³/mol. The molecule has 2 fully saturated rings. The summed E-state index contributed by atoms with van der Waals surface area (Å²) >= 11 is 0. The van der Waals surface area contributed by atoms with Crippen LogP contribution in [-0.4, -0.2) is 17.6 Å². The second kappa shape index (κ2) is 4.83. The minimum absolute atomic E-state index is 0.421. The number of hydrogen-bond donors (Lipinski definition) is 2. The molecular formula is C16H21N3O2. The van der Waals surface area contributed by atoms with E-state index in [1.165, 1.54) is 38.5 Å². The lowest BCUT2D eigenvalue weighted by molar-refractivity contribution is 0.244. The minimum Gasteiger partial charge on any atom is -0.408 e. The lowest BCUT2D eigenvalue weighted by atomic mass is 9.78. The summed E-state index contributed by atoms with van der Waals surface area (Å²) in [5.74, 6) is 0.377. The van der Waals surface area contributed by atoms with Gasteiger partial charge in [-0.2, -0.15) is 0 Å². The Morgan fingerprint density at radius 2 is 2.00 bits per heavy atom. The molecule has 5 heteroatoms. The number of nitrogens with two attached hydrogens (primary N) is 1. The Kier molecular flexibility index (Phi) is 2.94. The molecule has 2 aromatic rings. The van der Waals surface area contributed by atoms with Gasteiger partial charge in [0, 0.05) is 18.7 Å². The standard InChI is InChI=1S/C16H21N3O2/c17-11-8-15-12(18-16(20)21-15)9-14(11)19-7-3-5-10-4-1-2-6-13(10)19/h8-10,13H,1-7,17H2,(H,18,20)/t10-,13-/m1/s1. The number of nitrogens with one attached hydrogen (secondary N) is 1. The Morgan fingerprint density at radius 3 is 2.90 bits per heavy atom. The third-order valence-electron chi connectivity index (χ3n) is 5.12. The van der Waals surface area contributed by atoms with E-state index in [0.717, 1.165) is 23.7 Å². The second-order valence-electron chi connectivity index (χ2n) is 6.37. The highest BCUT2D eigenvalue weighted by Crippen LogP contribution is 2.40. The van der Waals surface area contributed by atoms with Crippen LogP contribution in [0.2, 0.25) is 0 Å². The molecule has 3 N–H and O–H groups in total. The van der Waals surface area contributed by atoms with Gasteiger partial charge in [0.15, 0.2) is 5.58 Å². The van der Waals surface area contributed by atoms with E-state index < -0.39 is 5.76 Å². The lowest BCUT2D eigenvalue weighted by Crippen LogP contribution is -2.47. The fourth-order valence-corrected chi connectivity index (χ4v) is 4.17. The number of nitrogen functional groups attached to an aromatic ring is 1. The van der Waals surface area contributed by atoms with Crippen molar-refractivity contribution < 1.29 is 4.42 Å². The highest BCUT2D eigenvalue weighted by molar-refractivity contribution is 5.85. The number of oxazole rings is 1. The van der Waals surface area contributed by atoms with Crippen molar-refractivity contribution in [1.82, 2.24) is 4.98 Å². The minimum atomic E-state index is -0.421. The van der Waals surface area contributed by atoms with Gasteiger partial charge in [-0.15, -0.1) is 0 Å². The summed E-state index contributed by atoms with van der Waals surface area (Å²) in [6.07, 6.45) is 7.82. The molecule has 4 rings (SSSR count). The van der Waals surface area contributed by atoms with Gasteiger partial charge in [0.1, 0.15) is 0 Å². The van der Waals surface area contributed by atoms with E-state index >= 15 is 0 Å². The molecule has 0 unspecified atom stereocenters. The number of nitrogens with zero attached hydrogens (tertiary/aromatic N) is 1. The summed E-state index contributed by atoms with van der Waals surface area (Å²) < 4.78 is 5.09.